The lowest BCUT2D eigenvalue weighted by atomic mass is 10.1. The quantitative estimate of drug-likeness (QED) is 0.395. The number of imidazole rings is 1. The van der Waals surface area contributed by atoms with Crippen LogP contribution in [-0.2, 0) is 0 Å². The number of aliphatic hydroxyl groups is 3. The summed E-state index contributed by atoms with van der Waals surface area (Å²) < 4.78 is 1.55. The molecule has 2 heterocycles. The molecule has 0 amide bonds. The van der Waals surface area contributed by atoms with Gasteiger partial charge in [-0.2, -0.15) is 0 Å². The molecule has 0 saturated carbocycles. The van der Waals surface area contributed by atoms with E-state index in [-0.39, 0.29) is 11.4 Å². The number of aliphatic hydroxyl groups excluding tert-OH is 3. The number of terminal acetylenes is 1. The van der Waals surface area contributed by atoms with Gasteiger partial charge in [0.2, 0.25) is 0 Å². The number of aromatic nitrogens is 4. The highest BCUT2D eigenvalue weighted by molar-refractivity contribution is 5.81. The van der Waals surface area contributed by atoms with Crippen molar-refractivity contribution in [3.63, 3.8) is 0 Å². The molecule has 108 valence electrons. The van der Waals surface area contributed by atoms with Crippen molar-refractivity contribution in [2.24, 2.45) is 0 Å². The number of rotatable bonds is 2. The van der Waals surface area contributed by atoms with Crippen molar-refractivity contribution in [2.75, 3.05) is 5.73 Å². The van der Waals surface area contributed by atoms with E-state index < -0.39 is 24.4 Å². The fourth-order valence-corrected chi connectivity index (χ4v) is 2.46. The SMILES string of the molecule is C#CC(O)C1=CC(n2cnc3c(N)ncnc32)C(O)C1O. The molecule has 0 bridgehead atoms. The lowest BCUT2D eigenvalue weighted by Crippen LogP contribution is -2.31. The van der Waals surface area contributed by atoms with E-state index in [2.05, 4.69) is 20.9 Å². The minimum atomic E-state index is -1.26. The first-order chi connectivity index (χ1) is 10.0. The summed E-state index contributed by atoms with van der Waals surface area (Å²) in [6.45, 7) is 0. The summed E-state index contributed by atoms with van der Waals surface area (Å²) in [5.74, 6) is 2.34. The molecule has 0 radical (unpaired) electrons. The molecule has 0 spiro atoms. The first-order valence-corrected chi connectivity index (χ1v) is 6.19. The topological polar surface area (TPSA) is 130 Å². The predicted molar refractivity (Wildman–Crippen MR) is 73.7 cm³/mol. The van der Waals surface area contributed by atoms with Crippen LogP contribution < -0.4 is 5.73 Å². The smallest absolute Gasteiger partial charge is 0.166 e. The Balaban J connectivity index is 2.09. The number of hydrogen-bond acceptors (Lipinski definition) is 7. The van der Waals surface area contributed by atoms with Gasteiger partial charge in [-0.1, -0.05) is 12.0 Å². The zero-order chi connectivity index (χ0) is 15.1. The molecular formula is C13H13N5O3. The van der Waals surface area contributed by atoms with Gasteiger partial charge in [0, 0.05) is 0 Å². The number of nitrogen functional groups attached to an aromatic ring is 1. The molecule has 2 aromatic rings. The maximum atomic E-state index is 10.2. The average molecular weight is 287 g/mol. The van der Waals surface area contributed by atoms with Gasteiger partial charge < -0.3 is 25.6 Å². The van der Waals surface area contributed by atoms with Crippen LogP contribution in [0.2, 0.25) is 0 Å². The van der Waals surface area contributed by atoms with E-state index in [0.717, 1.165) is 0 Å². The van der Waals surface area contributed by atoms with Gasteiger partial charge in [0.15, 0.2) is 11.5 Å². The molecule has 1 aliphatic rings. The predicted octanol–water partition coefficient (Wildman–Crippen LogP) is -1.39. The van der Waals surface area contributed by atoms with Crippen LogP contribution in [0.1, 0.15) is 6.04 Å². The molecular weight excluding hydrogens is 274 g/mol. The molecule has 5 N–H and O–H groups in total. The van der Waals surface area contributed by atoms with Gasteiger partial charge >= 0.3 is 0 Å². The number of hydrogen-bond donors (Lipinski definition) is 4. The molecule has 0 aliphatic heterocycles. The van der Waals surface area contributed by atoms with Crippen molar-refractivity contribution >= 4 is 17.0 Å². The molecule has 8 heteroatoms. The number of fused-ring (bicyclic) bond motifs is 1. The highest BCUT2D eigenvalue weighted by Gasteiger charge is 2.38. The molecule has 0 aromatic carbocycles. The third-order valence-electron chi connectivity index (χ3n) is 3.56. The number of nitrogens with two attached hydrogens (primary N) is 1. The van der Waals surface area contributed by atoms with Gasteiger partial charge in [0.1, 0.15) is 30.2 Å². The molecule has 0 fully saturated rings. The maximum absolute atomic E-state index is 10.2. The fourth-order valence-electron chi connectivity index (χ4n) is 2.46. The molecule has 0 saturated heterocycles. The maximum Gasteiger partial charge on any atom is 0.166 e. The van der Waals surface area contributed by atoms with E-state index in [1.165, 1.54) is 18.7 Å². The lowest BCUT2D eigenvalue weighted by Gasteiger charge is -2.19. The van der Waals surface area contributed by atoms with Gasteiger partial charge in [-0.15, -0.1) is 6.42 Å². The van der Waals surface area contributed by atoms with E-state index in [1.54, 1.807) is 4.57 Å². The Hall–Kier alpha value is -2.47. The standard InChI is InChI=1S/C13H13N5O3/c1-2-8(19)6-3-7(11(21)10(6)20)18-5-17-9-12(14)15-4-16-13(9)18/h1,3-5,7-8,10-11,19-21H,(H2,14,15,16). The van der Waals surface area contributed by atoms with E-state index >= 15 is 0 Å². The Morgan fingerprint density at radius 1 is 1.33 bits per heavy atom. The summed E-state index contributed by atoms with van der Waals surface area (Å²) in [4.78, 5) is 12.0. The first-order valence-electron chi connectivity index (χ1n) is 6.19. The minimum absolute atomic E-state index is 0.180. The van der Waals surface area contributed by atoms with Gasteiger partial charge in [0.25, 0.3) is 0 Å². The van der Waals surface area contributed by atoms with E-state index in [4.69, 9.17) is 12.2 Å². The first kappa shape index (κ1) is 13.5. The Labute approximate surface area is 119 Å². The lowest BCUT2D eigenvalue weighted by molar-refractivity contribution is 0.0259. The third-order valence-corrected chi connectivity index (χ3v) is 3.56. The summed E-state index contributed by atoms with van der Waals surface area (Å²) in [5, 5.41) is 29.8. The van der Waals surface area contributed by atoms with Gasteiger partial charge in [-0.3, -0.25) is 0 Å². The van der Waals surface area contributed by atoms with Crippen molar-refractivity contribution < 1.29 is 15.3 Å². The number of nitrogens with zero attached hydrogens (tertiary/aromatic N) is 4. The molecule has 4 unspecified atom stereocenters. The molecule has 2 aromatic heterocycles. The van der Waals surface area contributed by atoms with Gasteiger partial charge in [-0.05, 0) is 5.57 Å². The van der Waals surface area contributed by atoms with Crippen molar-refractivity contribution in [1.29, 1.82) is 0 Å². The van der Waals surface area contributed by atoms with Crippen molar-refractivity contribution in [3.8, 4) is 12.3 Å². The molecule has 1 aliphatic carbocycles. The van der Waals surface area contributed by atoms with Crippen LogP contribution in [0.15, 0.2) is 24.3 Å². The zero-order valence-corrected chi connectivity index (χ0v) is 10.8. The normalized spacial score (nSPS) is 26.6. The van der Waals surface area contributed by atoms with Crippen LogP contribution in [0.4, 0.5) is 5.82 Å². The monoisotopic (exact) mass is 287 g/mol. The summed E-state index contributed by atoms with van der Waals surface area (Å²) >= 11 is 0. The summed E-state index contributed by atoms with van der Waals surface area (Å²) in [7, 11) is 0. The van der Waals surface area contributed by atoms with Gasteiger partial charge in [-0.25, -0.2) is 15.0 Å². The summed E-state index contributed by atoms with van der Waals surface area (Å²) in [6, 6.07) is -0.655. The Bertz CT molecular complexity index is 763. The Morgan fingerprint density at radius 3 is 2.81 bits per heavy atom. The summed E-state index contributed by atoms with van der Waals surface area (Å²) in [5.41, 5.74) is 6.71. The second-order valence-corrected chi connectivity index (χ2v) is 4.74. The van der Waals surface area contributed by atoms with Crippen LogP contribution in [-0.4, -0.2) is 53.2 Å². The second kappa shape index (κ2) is 4.82. The van der Waals surface area contributed by atoms with Crippen LogP contribution in [0.25, 0.3) is 11.2 Å². The minimum Gasteiger partial charge on any atom is -0.388 e. The largest absolute Gasteiger partial charge is 0.388 e. The average Bonchev–Trinajstić information content (AvgIpc) is 3.02. The van der Waals surface area contributed by atoms with Crippen molar-refractivity contribution in [1.82, 2.24) is 19.5 Å². The van der Waals surface area contributed by atoms with Gasteiger partial charge in [0.05, 0.1) is 12.4 Å². The highest BCUT2D eigenvalue weighted by atomic mass is 16.3. The van der Waals surface area contributed by atoms with Crippen LogP contribution in [0.3, 0.4) is 0 Å². The van der Waals surface area contributed by atoms with Crippen molar-refractivity contribution in [2.45, 2.75) is 24.4 Å². The fraction of sp³-hybridized carbons (Fsp3) is 0.308. The zero-order valence-electron chi connectivity index (χ0n) is 10.8. The van der Waals surface area contributed by atoms with E-state index in [0.29, 0.717) is 11.2 Å². The molecule has 21 heavy (non-hydrogen) atoms. The number of anilines is 1. The highest BCUT2D eigenvalue weighted by Crippen LogP contribution is 2.33. The summed E-state index contributed by atoms with van der Waals surface area (Å²) in [6.07, 6.45) is 5.71. The Kier molecular flexibility index (Phi) is 3.10. The van der Waals surface area contributed by atoms with Crippen LogP contribution in [0.5, 0.6) is 0 Å². The molecule has 8 nitrogen and oxygen atoms in total. The van der Waals surface area contributed by atoms with Crippen molar-refractivity contribution in [3.05, 3.63) is 24.3 Å². The third kappa shape index (κ3) is 1.95. The van der Waals surface area contributed by atoms with E-state index in [9.17, 15) is 15.3 Å². The molecule has 3 rings (SSSR count). The van der Waals surface area contributed by atoms with Crippen LogP contribution in [0, 0.1) is 12.3 Å². The van der Waals surface area contributed by atoms with E-state index in [1.807, 2.05) is 0 Å². The Morgan fingerprint density at radius 2 is 2.10 bits per heavy atom. The second-order valence-electron chi connectivity index (χ2n) is 4.74. The van der Waals surface area contributed by atoms with Crippen LogP contribution >= 0.6 is 0 Å². The molecule has 4 atom stereocenters.